The van der Waals surface area contributed by atoms with E-state index in [-0.39, 0.29) is 0 Å². The van der Waals surface area contributed by atoms with Crippen molar-refractivity contribution >= 4 is 11.8 Å². The highest BCUT2D eigenvalue weighted by Crippen LogP contribution is 2.17. The second-order valence-electron chi connectivity index (χ2n) is 5.51. The van der Waals surface area contributed by atoms with Gasteiger partial charge in [-0.2, -0.15) is 0 Å². The highest BCUT2D eigenvalue weighted by Gasteiger charge is 2.00. The molecule has 0 radical (unpaired) electrons. The van der Waals surface area contributed by atoms with Gasteiger partial charge >= 0.3 is 0 Å². The minimum Gasteiger partial charge on any atom is -0.381 e. The van der Waals surface area contributed by atoms with Crippen LogP contribution in [0.4, 0.5) is 5.69 Å². The summed E-state index contributed by atoms with van der Waals surface area (Å²) in [5.41, 5.74) is 5.05. The summed E-state index contributed by atoms with van der Waals surface area (Å²) >= 11 is 0. The van der Waals surface area contributed by atoms with Crippen molar-refractivity contribution in [2.45, 2.75) is 13.0 Å². The molecule has 23 heavy (non-hydrogen) atoms. The molecular weight excluding hydrogens is 278 g/mol. The molecule has 1 N–H and O–H groups in total. The molecular formula is C22H21N. The minimum atomic E-state index is 0.847. The van der Waals surface area contributed by atoms with Crippen LogP contribution in [0.1, 0.15) is 16.7 Å². The van der Waals surface area contributed by atoms with E-state index in [2.05, 4.69) is 90.3 Å². The Kier molecular flexibility index (Phi) is 5.25. The number of nitrogens with one attached hydrogen (secondary N) is 1. The first-order valence-corrected chi connectivity index (χ1v) is 7.99. The summed E-state index contributed by atoms with van der Waals surface area (Å²) in [5.74, 6) is 0. The van der Waals surface area contributed by atoms with Gasteiger partial charge in [0.05, 0.1) is 0 Å². The molecule has 0 aromatic heterocycles. The van der Waals surface area contributed by atoms with Gasteiger partial charge in [-0.3, -0.25) is 0 Å². The zero-order valence-corrected chi connectivity index (χ0v) is 13.2. The van der Waals surface area contributed by atoms with Gasteiger partial charge in [-0.1, -0.05) is 91.0 Å². The fraction of sp³-hybridized carbons (Fsp3) is 0.0909. The Morgan fingerprint density at radius 3 is 2.13 bits per heavy atom. The summed E-state index contributed by atoms with van der Waals surface area (Å²) in [4.78, 5) is 0. The maximum Gasteiger partial charge on any atom is 0.0400 e. The molecule has 3 aromatic carbocycles. The molecule has 1 heteroatoms. The van der Waals surface area contributed by atoms with E-state index in [1.54, 1.807) is 0 Å². The first kappa shape index (κ1) is 15.1. The van der Waals surface area contributed by atoms with Crippen molar-refractivity contribution in [2.75, 3.05) is 5.32 Å². The molecule has 1 nitrogen and oxygen atoms in total. The second-order valence-corrected chi connectivity index (χ2v) is 5.51. The van der Waals surface area contributed by atoms with Crippen molar-refractivity contribution < 1.29 is 0 Å². The van der Waals surface area contributed by atoms with Crippen molar-refractivity contribution in [3.05, 3.63) is 108 Å². The molecule has 0 bridgehead atoms. The molecule has 0 saturated carbocycles. The van der Waals surface area contributed by atoms with Crippen LogP contribution in [-0.2, 0) is 13.0 Å². The third kappa shape index (κ3) is 4.58. The lowest BCUT2D eigenvalue weighted by Crippen LogP contribution is -2.01. The van der Waals surface area contributed by atoms with Crippen LogP contribution in [0.25, 0.3) is 6.08 Å². The second kappa shape index (κ2) is 8.00. The van der Waals surface area contributed by atoms with Crippen LogP contribution in [0, 0.1) is 0 Å². The van der Waals surface area contributed by atoms with Crippen molar-refractivity contribution in [3.63, 3.8) is 0 Å². The lowest BCUT2D eigenvalue weighted by atomic mass is 10.1. The molecule has 0 unspecified atom stereocenters. The smallest absolute Gasteiger partial charge is 0.0400 e. The Bertz CT molecular complexity index is 745. The summed E-state index contributed by atoms with van der Waals surface area (Å²) in [6, 6.07) is 29.4. The van der Waals surface area contributed by atoms with Gasteiger partial charge in [0.15, 0.2) is 0 Å². The van der Waals surface area contributed by atoms with Gasteiger partial charge in [-0.25, -0.2) is 0 Å². The molecule has 0 aliphatic rings. The van der Waals surface area contributed by atoms with Crippen LogP contribution in [0.2, 0.25) is 0 Å². The molecule has 0 atom stereocenters. The normalized spacial score (nSPS) is 10.8. The van der Waals surface area contributed by atoms with Gasteiger partial charge in [-0.05, 0) is 29.2 Å². The molecule has 0 saturated heterocycles. The Hall–Kier alpha value is -2.80. The van der Waals surface area contributed by atoms with Crippen LogP contribution in [0.3, 0.4) is 0 Å². The number of para-hydroxylation sites is 1. The largest absolute Gasteiger partial charge is 0.381 e. The lowest BCUT2D eigenvalue weighted by molar-refractivity contribution is 1.13. The molecule has 0 amide bonds. The van der Waals surface area contributed by atoms with Crippen molar-refractivity contribution in [3.8, 4) is 0 Å². The number of anilines is 1. The summed E-state index contributed by atoms with van der Waals surface area (Å²) in [6.45, 7) is 0.847. The van der Waals surface area contributed by atoms with E-state index in [1.807, 2.05) is 12.1 Å². The first-order valence-electron chi connectivity index (χ1n) is 7.99. The molecule has 0 aliphatic carbocycles. The van der Waals surface area contributed by atoms with Gasteiger partial charge in [0.2, 0.25) is 0 Å². The van der Waals surface area contributed by atoms with Gasteiger partial charge in [0.25, 0.3) is 0 Å². The lowest BCUT2D eigenvalue weighted by Gasteiger charge is -2.11. The zero-order chi connectivity index (χ0) is 15.7. The van der Waals surface area contributed by atoms with Gasteiger partial charge < -0.3 is 5.32 Å². The van der Waals surface area contributed by atoms with E-state index in [0.717, 1.165) is 13.0 Å². The Morgan fingerprint density at radius 2 is 1.35 bits per heavy atom. The van der Waals surface area contributed by atoms with E-state index in [4.69, 9.17) is 0 Å². The third-order valence-electron chi connectivity index (χ3n) is 3.79. The molecule has 0 aliphatic heterocycles. The summed E-state index contributed by atoms with van der Waals surface area (Å²) in [7, 11) is 0. The first-order chi connectivity index (χ1) is 11.4. The fourth-order valence-corrected chi connectivity index (χ4v) is 2.55. The molecule has 0 heterocycles. The van der Waals surface area contributed by atoms with Crippen molar-refractivity contribution in [1.82, 2.24) is 0 Å². The molecule has 0 fully saturated rings. The van der Waals surface area contributed by atoms with E-state index < -0.39 is 0 Å². The predicted molar refractivity (Wildman–Crippen MR) is 99.4 cm³/mol. The number of benzene rings is 3. The average Bonchev–Trinajstić information content (AvgIpc) is 2.63. The summed E-state index contributed by atoms with van der Waals surface area (Å²) in [5, 5.41) is 3.54. The zero-order valence-electron chi connectivity index (χ0n) is 13.2. The minimum absolute atomic E-state index is 0.847. The van der Waals surface area contributed by atoms with Crippen LogP contribution in [0.5, 0.6) is 0 Å². The van der Waals surface area contributed by atoms with E-state index in [0.29, 0.717) is 0 Å². The number of rotatable bonds is 6. The highest BCUT2D eigenvalue weighted by atomic mass is 14.9. The number of hydrogen-bond acceptors (Lipinski definition) is 1. The van der Waals surface area contributed by atoms with Gasteiger partial charge in [0, 0.05) is 12.2 Å². The SMILES string of the molecule is C(=C\c1ccccc1)/Cc1ccccc1NCc1ccccc1. The number of hydrogen-bond donors (Lipinski definition) is 1. The van der Waals surface area contributed by atoms with E-state index >= 15 is 0 Å². The van der Waals surface area contributed by atoms with E-state index in [9.17, 15) is 0 Å². The Balaban J connectivity index is 1.65. The monoisotopic (exact) mass is 299 g/mol. The molecule has 114 valence electrons. The maximum atomic E-state index is 3.54. The molecule has 3 rings (SSSR count). The Labute approximate surface area is 138 Å². The topological polar surface area (TPSA) is 12.0 Å². The average molecular weight is 299 g/mol. The standard InChI is InChI=1S/C22H21N/c1-3-10-19(11-4-1)14-9-16-21-15-7-8-17-22(21)23-18-20-12-5-2-6-13-20/h1-15,17,23H,16,18H2/b14-9+. The number of allylic oxidation sites excluding steroid dienone is 1. The summed E-state index contributed by atoms with van der Waals surface area (Å²) < 4.78 is 0. The predicted octanol–water partition coefficient (Wildman–Crippen LogP) is 5.55. The van der Waals surface area contributed by atoms with Crippen molar-refractivity contribution in [2.24, 2.45) is 0 Å². The van der Waals surface area contributed by atoms with Crippen LogP contribution in [0.15, 0.2) is 91.0 Å². The molecule has 0 spiro atoms. The quantitative estimate of drug-likeness (QED) is 0.629. The molecule has 3 aromatic rings. The fourth-order valence-electron chi connectivity index (χ4n) is 2.55. The van der Waals surface area contributed by atoms with Gasteiger partial charge in [-0.15, -0.1) is 0 Å². The van der Waals surface area contributed by atoms with Crippen LogP contribution >= 0.6 is 0 Å². The Morgan fingerprint density at radius 1 is 0.696 bits per heavy atom. The van der Waals surface area contributed by atoms with Crippen LogP contribution < -0.4 is 5.32 Å². The third-order valence-corrected chi connectivity index (χ3v) is 3.79. The van der Waals surface area contributed by atoms with E-state index in [1.165, 1.54) is 22.4 Å². The summed E-state index contributed by atoms with van der Waals surface area (Å²) in [6.07, 6.45) is 5.32. The van der Waals surface area contributed by atoms with Gasteiger partial charge in [0.1, 0.15) is 0 Å². The van der Waals surface area contributed by atoms with Crippen molar-refractivity contribution in [1.29, 1.82) is 0 Å². The van der Waals surface area contributed by atoms with Crippen LogP contribution in [-0.4, -0.2) is 0 Å². The maximum absolute atomic E-state index is 3.54. The highest BCUT2D eigenvalue weighted by molar-refractivity contribution is 5.55.